The average Bonchev–Trinajstić information content (AvgIpc) is 3.04. The van der Waals surface area contributed by atoms with Crippen LogP contribution in [-0.4, -0.2) is 22.7 Å². The molecule has 1 aliphatic carbocycles. The van der Waals surface area contributed by atoms with Crippen LogP contribution in [0.15, 0.2) is 42.5 Å². The van der Waals surface area contributed by atoms with Crippen LogP contribution in [0, 0.1) is 0 Å². The van der Waals surface area contributed by atoms with E-state index in [1.807, 2.05) is 36.4 Å². The monoisotopic (exact) mass is 379 g/mol. The molecule has 0 saturated heterocycles. The number of carbonyl (C=O) groups excluding carboxylic acids is 1. The van der Waals surface area contributed by atoms with Crippen LogP contribution in [0.3, 0.4) is 0 Å². The number of fused-ring (bicyclic) bond motifs is 3. The van der Waals surface area contributed by atoms with Gasteiger partial charge in [-0.25, -0.2) is 0 Å². The normalized spacial score (nSPS) is 16.3. The van der Waals surface area contributed by atoms with Crippen molar-refractivity contribution in [2.24, 2.45) is 5.73 Å². The second-order valence-corrected chi connectivity index (χ2v) is 7.77. The van der Waals surface area contributed by atoms with E-state index in [4.69, 9.17) is 5.73 Å². The van der Waals surface area contributed by atoms with Gasteiger partial charge in [-0.1, -0.05) is 12.1 Å². The molecular weight excluding hydrogens is 354 g/mol. The minimum atomic E-state index is -0.0869. The van der Waals surface area contributed by atoms with Gasteiger partial charge in [0.1, 0.15) is 0 Å². The maximum atomic E-state index is 12.6. The SMILES string of the molecule is NC1CCc2[nH]c3ccc(NC(=O)c4ccc(CCCS)cc4)cc3c2C1. The van der Waals surface area contributed by atoms with E-state index in [2.05, 4.69) is 29.0 Å². The van der Waals surface area contributed by atoms with E-state index in [0.717, 1.165) is 49.1 Å². The standard InChI is InChI=1S/C22H25N3OS/c23-16-7-9-20-18(12-16)19-13-17(8-10-21(19)25-20)24-22(26)15-5-3-14(4-6-15)2-1-11-27/h3-6,8,10,13,16,25,27H,1-2,7,9,11-12,23H2,(H,24,26). The highest BCUT2D eigenvalue weighted by Gasteiger charge is 2.20. The van der Waals surface area contributed by atoms with Gasteiger partial charge in [0.2, 0.25) is 0 Å². The summed E-state index contributed by atoms with van der Waals surface area (Å²) in [6.45, 7) is 0. The fraction of sp³-hybridized carbons (Fsp3) is 0.318. The molecule has 1 unspecified atom stereocenters. The fourth-order valence-corrected chi connectivity index (χ4v) is 3.99. The Bertz CT molecular complexity index is 962. The van der Waals surface area contributed by atoms with Crippen molar-refractivity contribution in [2.75, 3.05) is 11.1 Å². The molecule has 0 saturated carbocycles. The minimum Gasteiger partial charge on any atom is -0.358 e. The zero-order valence-corrected chi connectivity index (χ0v) is 16.2. The van der Waals surface area contributed by atoms with E-state index < -0.39 is 0 Å². The van der Waals surface area contributed by atoms with E-state index in [9.17, 15) is 4.79 Å². The third kappa shape index (κ3) is 3.89. The number of aromatic nitrogens is 1. The summed E-state index contributed by atoms with van der Waals surface area (Å²) >= 11 is 4.24. The number of H-pyrrole nitrogens is 1. The third-order valence-corrected chi connectivity index (χ3v) is 5.64. The van der Waals surface area contributed by atoms with Crippen LogP contribution in [-0.2, 0) is 19.3 Å². The first-order valence-electron chi connectivity index (χ1n) is 9.54. The highest BCUT2D eigenvalue weighted by Crippen LogP contribution is 2.30. The van der Waals surface area contributed by atoms with Crippen LogP contribution in [0.1, 0.15) is 40.0 Å². The average molecular weight is 380 g/mol. The number of rotatable bonds is 5. The molecule has 0 bridgehead atoms. The van der Waals surface area contributed by atoms with Crippen molar-refractivity contribution in [3.05, 3.63) is 64.8 Å². The molecule has 1 aromatic heterocycles. The number of hydrogen-bond donors (Lipinski definition) is 4. The number of thiol groups is 1. The topological polar surface area (TPSA) is 70.9 Å². The number of anilines is 1. The van der Waals surface area contributed by atoms with Crippen LogP contribution in [0.2, 0.25) is 0 Å². The maximum absolute atomic E-state index is 12.6. The zero-order valence-electron chi connectivity index (χ0n) is 15.3. The van der Waals surface area contributed by atoms with Crippen molar-refractivity contribution in [1.29, 1.82) is 0 Å². The lowest BCUT2D eigenvalue weighted by Crippen LogP contribution is -2.27. The first-order chi connectivity index (χ1) is 13.1. The Morgan fingerprint density at radius 2 is 2.04 bits per heavy atom. The number of aryl methyl sites for hydroxylation is 2. The van der Waals surface area contributed by atoms with E-state index in [1.165, 1.54) is 22.2 Å². The molecule has 3 aromatic rings. The molecule has 4 nitrogen and oxygen atoms in total. The van der Waals surface area contributed by atoms with E-state index in [0.29, 0.717) is 5.56 Å². The smallest absolute Gasteiger partial charge is 0.255 e. The Balaban J connectivity index is 1.52. The number of carbonyl (C=O) groups is 1. The van der Waals surface area contributed by atoms with Crippen molar-refractivity contribution in [3.8, 4) is 0 Å². The first kappa shape index (κ1) is 18.1. The van der Waals surface area contributed by atoms with Gasteiger partial charge >= 0.3 is 0 Å². The van der Waals surface area contributed by atoms with Crippen molar-refractivity contribution < 1.29 is 4.79 Å². The maximum Gasteiger partial charge on any atom is 0.255 e. The zero-order chi connectivity index (χ0) is 18.8. The van der Waals surface area contributed by atoms with Crippen LogP contribution in [0.25, 0.3) is 10.9 Å². The van der Waals surface area contributed by atoms with E-state index >= 15 is 0 Å². The first-order valence-corrected chi connectivity index (χ1v) is 10.2. The van der Waals surface area contributed by atoms with E-state index in [-0.39, 0.29) is 11.9 Å². The Morgan fingerprint density at radius 3 is 2.81 bits per heavy atom. The lowest BCUT2D eigenvalue weighted by molar-refractivity contribution is 0.102. The summed E-state index contributed by atoms with van der Waals surface area (Å²) in [5.41, 5.74) is 12.6. The largest absolute Gasteiger partial charge is 0.358 e. The molecule has 0 fully saturated rings. The van der Waals surface area contributed by atoms with Crippen molar-refractivity contribution in [2.45, 2.75) is 38.1 Å². The summed E-state index contributed by atoms with van der Waals surface area (Å²) in [4.78, 5) is 16.1. The van der Waals surface area contributed by atoms with Gasteiger partial charge in [-0.15, -0.1) is 0 Å². The van der Waals surface area contributed by atoms with Crippen LogP contribution in [0.4, 0.5) is 5.69 Å². The molecule has 1 atom stereocenters. The van der Waals surface area contributed by atoms with Crippen molar-refractivity contribution >= 4 is 35.1 Å². The predicted octanol–water partition coefficient (Wildman–Crippen LogP) is 4.10. The van der Waals surface area contributed by atoms with Gasteiger partial charge in [0.25, 0.3) is 5.91 Å². The van der Waals surface area contributed by atoms with Crippen molar-refractivity contribution in [3.63, 3.8) is 0 Å². The third-order valence-electron chi connectivity index (χ3n) is 5.32. The number of nitrogens with two attached hydrogens (primary N) is 1. The molecule has 27 heavy (non-hydrogen) atoms. The molecular formula is C22H25N3OS. The minimum absolute atomic E-state index is 0.0869. The second-order valence-electron chi connectivity index (χ2n) is 7.32. The van der Waals surface area contributed by atoms with Gasteiger partial charge in [0.05, 0.1) is 0 Å². The van der Waals surface area contributed by atoms with Gasteiger partial charge in [-0.3, -0.25) is 4.79 Å². The Kier molecular flexibility index (Phi) is 5.23. The van der Waals surface area contributed by atoms with Crippen LogP contribution < -0.4 is 11.1 Å². The lowest BCUT2D eigenvalue weighted by atomic mass is 9.92. The quantitative estimate of drug-likeness (QED) is 0.504. The molecule has 4 N–H and O–H groups in total. The molecule has 4 rings (SSSR count). The molecule has 1 heterocycles. The molecule has 0 radical (unpaired) electrons. The number of nitrogens with one attached hydrogen (secondary N) is 2. The van der Waals surface area contributed by atoms with Gasteiger partial charge < -0.3 is 16.0 Å². The van der Waals surface area contributed by atoms with Crippen LogP contribution >= 0.6 is 12.6 Å². The summed E-state index contributed by atoms with van der Waals surface area (Å²) in [5.74, 6) is 0.787. The van der Waals surface area contributed by atoms with E-state index in [1.54, 1.807) is 0 Å². The predicted molar refractivity (Wildman–Crippen MR) is 115 cm³/mol. The molecule has 2 aromatic carbocycles. The summed E-state index contributed by atoms with van der Waals surface area (Å²) < 4.78 is 0. The summed E-state index contributed by atoms with van der Waals surface area (Å²) in [6.07, 6.45) is 4.93. The molecule has 140 valence electrons. The lowest BCUT2D eigenvalue weighted by Gasteiger charge is -2.18. The number of amides is 1. The second kappa shape index (κ2) is 7.79. The Morgan fingerprint density at radius 1 is 1.22 bits per heavy atom. The number of hydrogen-bond acceptors (Lipinski definition) is 3. The van der Waals surface area contributed by atoms with Crippen LogP contribution in [0.5, 0.6) is 0 Å². The Hall–Kier alpha value is -2.24. The molecule has 1 aliphatic rings. The van der Waals surface area contributed by atoms with Gasteiger partial charge in [0, 0.05) is 33.9 Å². The summed E-state index contributed by atoms with van der Waals surface area (Å²) in [5, 5.41) is 4.19. The molecule has 1 amide bonds. The number of aromatic amines is 1. The summed E-state index contributed by atoms with van der Waals surface area (Å²) in [7, 11) is 0. The summed E-state index contributed by atoms with van der Waals surface area (Å²) in [6, 6.07) is 14.1. The number of benzene rings is 2. The fourth-order valence-electron chi connectivity index (χ4n) is 3.83. The highest BCUT2D eigenvalue weighted by molar-refractivity contribution is 7.80. The van der Waals surface area contributed by atoms with Gasteiger partial charge in [-0.05, 0) is 79.3 Å². The Labute approximate surface area is 164 Å². The van der Waals surface area contributed by atoms with Gasteiger partial charge in [0.15, 0.2) is 0 Å². The highest BCUT2D eigenvalue weighted by atomic mass is 32.1. The van der Waals surface area contributed by atoms with Gasteiger partial charge in [-0.2, -0.15) is 12.6 Å². The molecule has 0 aliphatic heterocycles. The van der Waals surface area contributed by atoms with Crippen molar-refractivity contribution in [1.82, 2.24) is 4.98 Å². The molecule has 0 spiro atoms. The molecule has 5 heteroatoms.